The Hall–Kier alpha value is -6.58. The smallest absolute Gasteiger partial charge is 0.0629 e. The third-order valence-electron chi connectivity index (χ3n) is 11.0. The van der Waals surface area contributed by atoms with Crippen molar-refractivity contribution in [3.8, 4) is 22.5 Å². The molecule has 0 bridgehead atoms. The first kappa shape index (κ1) is 28.3. The Morgan fingerprint density at radius 2 is 0.922 bits per heavy atom. The second-order valence-electron chi connectivity index (χ2n) is 13.7. The van der Waals surface area contributed by atoms with Crippen LogP contribution >= 0.6 is 0 Å². The van der Waals surface area contributed by atoms with Gasteiger partial charge in [0.2, 0.25) is 0 Å². The maximum Gasteiger partial charge on any atom is 0.0629 e. The molecule has 0 fully saturated rings. The highest BCUT2D eigenvalue weighted by molar-refractivity contribution is 6.12. The van der Waals surface area contributed by atoms with E-state index in [9.17, 15) is 0 Å². The van der Waals surface area contributed by atoms with Crippen LogP contribution in [0.4, 0.5) is 11.4 Å². The molecule has 3 heterocycles. The van der Waals surface area contributed by atoms with Gasteiger partial charge < -0.3 is 14.0 Å². The Morgan fingerprint density at radius 3 is 1.65 bits per heavy atom. The minimum Gasteiger partial charge on any atom is -0.333 e. The lowest BCUT2D eigenvalue weighted by Gasteiger charge is -2.29. The van der Waals surface area contributed by atoms with Gasteiger partial charge in [0.25, 0.3) is 0 Å². The van der Waals surface area contributed by atoms with E-state index in [1.165, 1.54) is 77.4 Å². The molecule has 3 nitrogen and oxygen atoms in total. The summed E-state index contributed by atoms with van der Waals surface area (Å²) in [6.07, 6.45) is 9.06. The lowest BCUT2D eigenvalue weighted by molar-refractivity contribution is 0.744. The van der Waals surface area contributed by atoms with E-state index in [-0.39, 0.29) is 6.04 Å². The fraction of sp³-hybridized carbons (Fsp3) is 0.0417. The van der Waals surface area contributed by atoms with Crippen molar-refractivity contribution in [3.63, 3.8) is 0 Å². The van der Waals surface area contributed by atoms with Gasteiger partial charge in [-0.05, 0) is 89.5 Å². The number of hydrogen-bond donors (Lipinski definition) is 0. The Bertz CT molecular complexity index is 2890. The van der Waals surface area contributed by atoms with Crippen molar-refractivity contribution < 1.29 is 0 Å². The van der Waals surface area contributed by atoms with Gasteiger partial charge in [-0.1, -0.05) is 115 Å². The minimum atomic E-state index is 0.266. The van der Waals surface area contributed by atoms with Gasteiger partial charge in [0.05, 0.1) is 28.1 Å². The number of benzene rings is 7. The number of fused-ring (bicyclic) bond motifs is 9. The summed E-state index contributed by atoms with van der Waals surface area (Å²) in [5.74, 6) is 0.357. The predicted octanol–water partition coefficient (Wildman–Crippen LogP) is 12.3. The monoisotopic (exact) mass is 651 g/mol. The van der Waals surface area contributed by atoms with E-state index >= 15 is 0 Å². The van der Waals surface area contributed by atoms with E-state index in [2.05, 4.69) is 202 Å². The molecule has 0 saturated heterocycles. The molecule has 0 saturated carbocycles. The molecule has 2 aromatic heterocycles. The van der Waals surface area contributed by atoms with Crippen LogP contribution in [0.1, 0.15) is 11.5 Å². The number of aromatic nitrogens is 2. The average Bonchev–Trinajstić information content (AvgIpc) is 3.83. The van der Waals surface area contributed by atoms with Gasteiger partial charge >= 0.3 is 0 Å². The average molecular weight is 652 g/mol. The van der Waals surface area contributed by atoms with Crippen LogP contribution in [0, 0.1) is 0 Å². The molecular weight excluding hydrogens is 619 g/mol. The van der Waals surface area contributed by atoms with Crippen LogP contribution in [0.25, 0.3) is 66.1 Å². The van der Waals surface area contributed by atoms with Crippen molar-refractivity contribution in [2.75, 3.05) is 4.90 Å². The lowest BCUT2D eigenvalue weighted by Crippen LogP contribution is -2.28. The summed E-state index contributed by atoms with van der Waals surface area (Å²) in [5.41, 5.74) is 13.5. The summed E-state index contributed by atoms with van der Waals surface area (Å²) in [5, 5.41) is 5.04. The van der Waals surface area contributed by atoms with Gasteiger partial charge in [-0.3, -0.25) is 0 Å². The molecule has 2 unspecified atom stereocenters. The first-order chi connectivity index (χ1) is 25.3. The zero-order chi connectivity index (χ0) is 33.5. The van der Waals surface area contributed by atoms with E-state index in [4.69, 9.17) is 0 Å². The predicted molar refractivity (Wildman–Crippen MR) is 214 cm³/mol. The van der Waals surface area contributed by atoms with Crippen LogP contribution in [0.5, 0.6) is 0 Å². The van der Waals surface area contributed by atoms with Crippen LogP contribution < -0.4 is 4.90 Å². The molecule has 11 rings (SSSR count). The highest BCUT2D eigenvalue weighted by atomic mass is 15.2. The number of para-hydroxylation sites is 4. The molecule has 3 heteroatoms. The van der Waals surface area contributed by atoms with E-state index in [1.54, 1.807) is 0 Å². The van der Waals surface area contributed by atoms with Gasteiger partial charge in [-0.2, -0.15) is 0 Å². The topological polar surface area (TPSA) is 13.1 Å². The fourth-order valence-corrected chi connectivity index (χ4v) is 8.81. The molecule has 0 amide bonds. The number of anilines is 2. The highest BCUT2D eigenvalue weighted by Crippen LogP contribution is 2.48. The van der Waals surface area contributed by atoms with E-state index in [1.807, 2.05) is 0 Å². The van der Waals surface area contributed by atoms with Crippen LogP contribution in [0.2, 0.25) is 0 Å². The van der Waals surface area contributed by atoms with Crippen molar-refractivity contribution in [1.29, 1.82) is 0 Å². The molecule has 51 heavy (non-hydrogen) atoms. The first-order valence-corrected chi connectivity index (χ1v) is 17.8. The Labute approximate surface area is 296 Å². The van der Waals surface area contributed by atoms with E-state index < -0.39 is 0 Å². The normalized spacial score (nSPS) is 16.4. The zero-order valence-electron chi connectivity index (χ0n) is 27.9. The van der Waals surface area contributed by atoms with Gasteiger partial charge in [0.15, 0.2) is 0 Å². The van der Waals surface area contributed by atoms with Crippen LogP contribution in [-0.2, 0) is 0 Å². The Balaban J connectivity index is 1.06. The molecule has 0 radical (unpaired) electrons. The Kier molecular flexibility index (Phi) is 6.08. The number of allylic oxidation sites excluding steroid dienone is 2. The van der Waals surface area contributed by atoms with Gasteiger partial charge in [0.1, 0.15) is 0 Å². The second kappa shape index (κ2) is 11.0. The molecular formula is C48H33N3. The standard InChI is InChI=1S/C48H33N3/c1-2-13-34(14-3-1)49-45-23-10-6-19-39(45)41-29-32(25-27-47(41)49)33-26-28-48-42(30-33)40-20-7-11-24-46(40)51(48)36-16-12-15-35(31-36)50-43-21-8-4-17-37(43)38-18-5-9-22-44(38)50/h1-31,37,43H. The van der Waals surface area contributed by atoms with Crippen LogP contribution in [0.15, 0.2) is 188 Å². The van der Waals surface area contributed by atoms with Gasteiger partial charge in [-0.15, -0.1) is 0 Å². The largest absolute Gasteiger partial charge is 0.333 e. The van der Waals surface area contributed by atoms with Crippen molar-refractivity contribution in [2.24, 2.45) is 0 Å². The third-order valence-corrected chi connectivity index (χ3v) is 11.0. The molecule has 0 N–H and O–H groups in total. The fourth-order valence-electron chi connectivity index (χ4n) is 8.81. The second-order valence-corrected chi connectivity index (χ2v) is 13.7. The lowest BCUT2D eigenvalue weighted by atomic mass is 9.91. The molecule has 1 aliphatic carbocycles. The van der Waals surface area contributed by atoms with Crippen LogP contribution in [0.3, 0.4) is 0 Å². The zero-order valence-corrected chi connectivity index (χ0v) is 27.9. The van der Waals surface area contributed by atoms with E-state index in [0.717, 1.165) is 5.69 Å². The van der Waals surface area contributed by atoms with Crippen LogP contribution in [-0.4, -0.2) is 15.2 Å². The third kappa shape index (κ3) is 4.18. The molecule has 2 atom stereocenters. The number of hydrogen-bond acceptors (Lipinski definition) is 1. The molecule has 240 valence electrons. The van der Waals surface area contributed by atoms with Crippen molar-refractivity contribution in [1.82, 2.24) is 9.13 Å². The molecule has 7 aromatic carbocycles. The van der Waals surface area contributed by atoms with Crippen molar-refractivity contribution in [3.05, 3.63) is 194 Å². The summed E-state index contributed by atoms with van der Waals surface area (Å²) in [6.45, 7) is 0. The maximum atomic E-state index is 2.51. The maximum absolute atomic E-state index is 2.51. The number of rotatable bonds is 4. The molecule has 2 aliphatic rings. The minimum absolute atomic E-state index is 0.266. The summed E-state index contributed by atoms with van der Waals surface area (Å²) in [7, 11) is 0. The SMILES string of the molecule is C1=CC2c3ccccc3N(c3cccc(-n4c5ccccc5c5cc(-c6ccc7c(c6)c6ccccc6n7-c6ccccc6)ccc54)c3)C2C=C1. The highest BCUT2D eigenvalue weighted by Gasteiger charge is 2.37. The summed E-state index contributed by atoms with van der Waals surface area (Å²) in [6, 6.07) is 60.4. The van der Waals surface area contributed by atoms with E-state index in [0.29, 0.717) is 5.92 Å². The summed E-state index contributed by atoms with van der Waals surface area (Å²) >= 11 is 0. The van der Waals surface area contributed by atoms with Gasteiger partial charge in [0, 0.05) is 50.2 Å². The number of nitrogens with zero attached hydrogens (tertiary/aromatic N) is 3. The summed E-state index contributed by atoms with van der Waals surface area (Å²) in [4.78, 5) is 2.51. The quantitative estimate of drug-likeness (QED) is 0.185. The molecule has 9 aromatic rings. The summed E-state index contributed by atoms with van der Waals surface area (Å²) < 4.78 is 4.81. The Morgan fingerprint density at radius 1 is 0.373 bits per heavy atom. The van der Waals surface area contributed by atoms with Crippen molar-refractivity contribution >= 4 is 55.0 Å². The van der Waals surface area contributed by atoms with Gasteiger partial charge in [-0.25, -0.2) is 0 Å². The molecule has 1 aliphatic heterocycles. The molecule has 0 spiro atoms. The van der Waals surface area contributed by atoms with Crippen molar-refractivity contribution in [2.45, 2.75) is 12.0 Å². The first-order valence-electron chi connectivity index (χ1n) is 17.8.